The Balaban J connectivity index is 1.56. The van der Waals surface area contributed by atoms with Crippen molar-refractivity contribution in [2.75, 3.05) is 18.1 Å². The lowest BCUT2D eigenvalue weighted by atomic mass is 9.96. The number of thiazole rings is 1. The van der Waals surface area contributed by atoms with Crippen molar-refractivity contribution in [1.29, 1.82) is 0 Å². The summed E-state index contributed by atoms with van der Waals surface area (Å²) in [4.78, 5) is 4.71. The summed E-state index contributed by atoms with van der Waals surface area (Å²) in [6.45, 7) is 0.421. The minimum absolute atomic E-state index is 0.421. The molecule has 1 heterocycles. The summed E-state index contributed by atoms with van der Waals surface area (Å²) in [6, 6.07) is 8.74. The molecule has 5 nitrogen and oxygen atoms in total. The Bertz CT molecular complexity index is 779. The first-order valence-electron chi connectivity index (χ1n) is 8.76. The van der Waals surface area contributed by atoms with Crippen LogP contribution in [-0.4, -0.2) is 32.2 Å². The van der Waals surface area contributed by atoms with E-state index >= 15 is 0 Å². The summed E-state index contributed by atoms with van der Waals surface area (Å²) in [5.41, 5.74) is 3.19. The van der Waals surface area contributed by atoms with Crippen molar-refractivity contribution >= 4 is 26.5 Å². The first kappa shape index (κ1) is 18.4. The van der Waals surface area contributed by atoms with Gasteiger partial charge in [-0.1, -0.05) is 43.5 Å². The van der Waals surface area contributed by atoms with Crippen molar-refractivity contribution in [2.24, 2.45) is 0 Å². The highest BCUT2D eigenvalue weighted by molar-refractivity contribution is 7.88. The third-order valence-corrected chi connectivity index (χ3v) is 5.97. The highest BCUT2D eigenvalue weighted by Crippen LogP contribution is 2.28. The molecule has 0 atom stereocenters. The molecule has 25 heavy (non-hydrogen) atoms. The van der Waals surface area contributed by atoms with Crippen LogP contribution in [0.2, 0.25) is 0 Å². The molecule has 0 aliphatic heterocycles. The molecule has 1 saturated carbocycles. The largest absolute Gasteiger partial charge is 0.359 e. The Kier molecular flexibility index (Phi) is 6.09. The van der Waals surface area contributed by atoms with Crippen LogP contribution in [0.15, 0.2) is 29.6 Å². The van der Waals surface area contributed by atoms with E-state index in [1.165, 1.54) is 38.4 Å². The molecule has 0 radical (unpaired) electrons. The van der Waals surface area contributed by atoms with E-state index in [1.54, 1.807) is 11.3 Å². The van der Waals surface area contributed by atoms with Crippen molar-refractivity contribution in [1.82, 2.24) is 9.71 Å². The van der Waals surface area contributed by atoms with Crippen LogP contribution >= 0.6 is 11.3 Å². The van der Waals surface area contributed by atoms with Crippen LogP contribution in [-0.2, 0) is 16.4 Å². The molecule has 2 N–H and O–H groups in total. The SMILES string of the molecule is CS(=O)(=O)NCCc1ccc(-c2csc(NC3CCCCC3)n2)cc1. The number of sulfonamides is 1. The quantitative estimate of drug-likeness (QED) is 0.770. The van der Waals surface area contributed by atoms with Crippen molar-refractivity contribution in [3.8, 4) is 11.3 Å². The van der Waals surface area contributed by atoms with Crippen molar-refractivity contribution in [3.05, 3.63) is 35.2 Å². The average molecular weight is 380 g/mol. The van der Waals surface area contributed by atoms with Crippen LogP contribution < -0.4 is 10.0 Å². The molecule has 0 unspecified atom stereocenters. The summed E-state index contributed by atoms with van der Waals surface area (Å²) in [6.07, 6.45) is 8.32. The zero-order valence-corrected chi connectivity index (χ0v) is 16.1. The predicted octanol–water partition coefficient (Wildman–Crippen LogP) is 3.65. The van der Waals surface area contributed by atoms with Gasteiger partial charge in [-0.15, -0.1) is 11.3 Å². The second-order valence-electron chi connectivity index (χ2n) is 6.63. The molecule has 1 aromatic heterocycles. The van der Waals surface area contributed by atoms with E-state index in [0.29, 0.717) is 19.0 Å². The first-order valence-corrected chi connectivity index (χ1v) is 11.5. The van der Waals surface area contributed by atoms with E-state index in [-0.39, 0.29) is 0 Å². The van der Waals surface area contributed by atoms with Crippen molar-refractivity contribution in [3.63, 3.8) is 0 Å². The molecule has 1 aliphatic rings. The fourth-order valence-corrected chi connectivity index (χ4v) is 4.39. The van der Waals surface area contributed by atoms with Gasteiger partial charge >= 0.3 is 0 Å². The Morgan fingerprint density at radius 3 is 2.56 bits per heavy atom. The van der Waals surface area contributed by atoms with E-state index in [4.69, 9.17) is 4.98 Å². The standard InChI is InChI=1S/C18H25N3O2S2/c1-25(22,23)19-12-11-14-7-9-15(10-8-14)17-13-24-18(21-17)20-16-5-3-2-4-6-16/h7-10,13,16,19H,2-6,11-12H2,1H3,(H,20,21). The van der Waals surface area contributed by atoms with Crippen LogP contribution in [0.5, 0.6) is 0 Å². The third-order valence-electron chi connectivity index (χ3n) is 4.46. The molecular weight excluding hydrogens is 354 g/mol. The van der Waals surface area contributed by atoms with Crippen LogP contribution in [0, 0.1) is 0 Å². The molecule has 136 valence electrons. The molecule has 1 fully saturated rings. The summed E-state index contributed by atoms with van der Waals surface area (Å²) in [7, 11) is -3.12. The lowest BCUT2D eigenvalue weighted by Gasteiger charge is -2.22. The number of hydrogen-bond acceptors (Lipinski definition) is 5. The van der Waals surface area contributed by atoms with Gasteiger partial charge in [-0.2, -0.15) is 0 Å². The summed E-state index contributed by atoms with van der Waals surface area (Å²) >= 11 is 1.66. The van der Waals surface area contributed by atoms with Crippen molar-refractivity contribution in [2.45, 2.75) is 44.6 Å². The molecule has 0 amide bonds. The monoisotopic (exact) mass is 379 g/mol. The highest BCUT2D eigenvalue weighted by atomic mass is 32.2. The summed E-state index contributed by atoms with van der Waals surface area (Å²) in [5.74, 6) is 0. The van der Waals surface area contributed by atoms with E-state index in [2.05, 4.69) is 27.6 Å². The van der Waals surface area contributed by atoms with Gasteiger partial charge in [0.25, 0.3) is 0 Å². The zero-order chi connectivity index (χ0) is 17.7. The molecule has 3 rings (SSSR count). The fraction of sp³-hybridized carbons (Fsp3) is 0.500. The minimum Gasteiger partial charge on any atom is -0.359 e. The lowest BCUT2D eigenvalue weighted by Crippen LogP contribution is -2.24. The maximum atomic E-state index is 11.1. The van der Waals surface area contributed by atoms with Gasteiger partial charge < -0.3 is 5.32 Å². The number of nitrogens with one attached hydrogen (secondary N) is 2. The number of anilines is 1. The molecule has 0 saturated heterocycles. The van der Waals surface area contributed by atoms with Gasteiger partial charge in [0.15, 0.2) is 5.13 Å². The lowest BCUT2D eigenvalue weighted by molar-refractivity contribution is 0.462. The molecule has 1 aromatic carbocycles. The number of benzene rings is 1. The van der Waals surface area contributed by atoms with Crippen LogP contribution in [0.1, 0.15) is 37.7 Å². The summed E-state index contributed by atoms with van der Waals surface area (Å²) < 4.78 is 24.7. The molecule has 0 spiro atoms. The fourth-order valence-electron chi connectivity index (χ4n) is 3.12. The topological polar surface area (TPSA) is 71.1 Å². The average Bonchev–Trinajstić information content (AvgIpc) is 3.04. The Labute approximate surface area is 153 Å². The Morgan fingerprint density at radius 2 is 1.88 bits per heavy atom. The zero-order valence-electron chi connectivity index (χ0n) is 14.5. The third kappa shape index (κ3) is 5.80. The van der Waals surface area contributed by atoms with Crippen molar-refractivity contribution < 1.29 is 8.42 Å². The van der Waals surface area contributed by atoms with Gasteiger partial charge in [-0.05, 0) is 24.8 Å². The van der Waals surface area contributed by atoms with Gasteiger partial charge in [-0.25, -0.2) is 18.1 Å². The number of nitrogens with zero attached hydrogens (tertiary/aromatic N) is 1. The van der Waals surface area contributed by atoms with E-state index < -0.39 is 10.0 Å². The second-order valence-corrected chi connectivity index (χ2v) is 9.32. The van der Waals surface area contributed by atoms with Crippen LogP contribution in [0.3, 0.4) is 0 Å². The number of aromatic nitrogens is 1. The van der Waals surface area contributed by atoms with Crippen LogP contribution in [0.25, 0.3) is 11.3 Å². The van der Waals surface area contributed by atoms with Gasteiger partial charge in [0.1, 0.15) is 0 Å². The normalized spacial score (nSPS) is 16.0. The van der Waals surface area contributed by atoms with Gasteiger partial charge in [0.05, 0.1) is 11.9 Å². The molecule has 7 heteroatoms. The van der Waals surface area contributed by atoms with E-state index in [1.807, 2.05) is 12.1 Å². The minimum atomic E-state index is -3.12. The second kappa shape index (κ2) is 8.29. The maximum absolute atomic E-state index is 11.1. The molecule has 2 aromatic rings. The van der Waals surface area contributed by atoms with Gasteiger partial charge in [0.2, 0.25) is 10.0 Å². The maximum Gasteiger partial charge on any atom is 0.208 e. The predicted molar refractivity (Wildman–Crippen MR) is 105 cm³/mol. The van der Waals surface area contributed by atoms with E-state index in [0.717, 1.165) is 22.0 Å². The molecule has 1 aliphatic carbocycles. The Hall–Kier alpha value is -1.44. The molecular formula is C18H25N3O2S2. The Morgan fingerprint density at radius 1 is 1.16 bits per heavy atom. The van der Waals surface area contributed by atoms with E-state index in [9.17, 15) is 8.42 Å². The highest BCUT2D eigenvalue weighted by Gasteiger charge is 2.14. The number of rotatable bonds is 7. The molecule has 0 bridgehead atoms. The first-order chi connectivity index (χ1) is 12.0. The van der Waals surface area contributed by atoms with Gasteiger partial charge in [-0.3, -0.25) is 0 Å². The van der Waals surface area contributed by atoms with Gasteiger partial charge in [0, 0.05) is 23.5 Å². The van der Waals surface area contributed by atoms with Crippen LogP contribution in [0.4, 0.5) is 5.13 Å². The summed E-state index contributed by atoms with van der Waals surface area (Å²) in [5, 5.41) is 6.66. The number of hydrogen-bond donors (Lipinski definition) is 2. The smallest absolute Gasteiger partial charge is 0.208 e.